The van der Waals surface area contributed by atoms with Gasteiger partial charge >= 0.3 is 5.97 Å². The number of nitrogens with zero attached hydrogens (tertiary/aromatic N) is 1. The summed E-state index contributed by atoms with van der Waals surface area (Å²) in [6.45, 7) is 7.24. The lowest BCUT2D eigenvalue weighted by Crippen LogP contribution is -2.26. The van der Waals surface area contributed by atoms with Crippen molar-refractivity contribution in [3.8, 4) is 0 Å². The van der Waals surface area contributed by atoms with Crippen LogP contribution >= 0.6 is 0 Å². The maximum absolute atomic E-state index is 10.5. The number of aliphatic carboxylic acids is 1. The Balaban J connectivity index is 2.21. The first-order valence-corrected chi connectivity index (χ1v) is 4.64. The van der Waals surface area contributed by atoms with E-state index in [1.807, 2.05) is 0 Å². The van der Waals surface area contributed by atoms with Crippen molar-refractivity contribution in [2.45, 2.75) is 20.3 Å². The van der Waals surface area contributed by atoms with E-state index in [-0.39, 0.29) is 5.92 Å². The molecule has 0 amide bonds. The Bertz CT molecular complexity index is 166. The van der Waals surface area contributed by atoms with Crippen molar-refractivity contribution in [1.29, 1.82) is 0 Å². The van der Waals surface area contributed by atoms with Crippen LogP contribution in [0.5, 0.6) is 0 Å². The predicted octanol–water partition coefficient (Wildman–Crippen LogP) is 1.05. The molecule has 0 saturated heterocycles. The summed E-state index contributed by atoms with van der Waals surface area (Å²) in [6.07, 6.45) is 0.881. The van der Waals surface area contributed by atoms with Gasteiger partial charge in [-0.15, -0.1) is 0 Å². The Morgan fingerprint density at radius 3 is 2.42 bits per heavy atom. The molecule has 2 atom stereocenters. The van der Waals surface area contributed by atoms with Gasteiger partial charge in [-0.2, -0.15) is 0 Å². The van der Waals surface area contributed by atoms with Crippen LogP contribution in [0.2, 0.25) is 0 Å². The van der Waals surface area contributed by atoms with Gasteiger partial charge in [0.15, 0.2) is 0 Å². The first-order chi connectivity index (χ1) is 5.69. The van der Waals surface area contributed by atoms with Crippen molar-refractivity contribution in [3.63, 3.8) is 0 Å². The second kappa shape index (κ2) is 3.90. The third kappa shape index (κ3) is 2.21. The first-order valence-electron chi connectivity index (χ1n) is 4.64. The number of carboxylic acid groups (broad SMARTS) is 1. The van der Waals surface area contributed by atoms with Crippen LogP contribution in [0.25, 0.3) is 0 Å². The van der Waals surface area contributed by atoms with Crippen LogP contribution < -0.4 is 0 Å². The number of hydrogen-bond acceptors (Lipinski definition) is 2. The van der Waals surface area contributed by atoms with Crippen LogP contribution in [0.1, 0.15) is 20.3 Å². The average Bonchev–Trinajstić information content (AvgIpc) is 2.79. The number of carbonyl (C=O) groups is 1. The number of carboxylic acids is 1. The fourth-order valence-corrected chi connectivity index (χ4v) is 1.57. The molecule has 1 rings (SSSR count). The van der Waals surface area contributed by atoms with Gasteiger partial charge in [-0.25, -0.2) is 0 Å². The molecule has 1 N–H and O–H groups in total. The Labute approximate surface area is 73.4 Å². The summed E-state index contributed by atoms with van der Waals surface area (Å²) in [5.41, 5.74) is 0. The molecule has 1 aliphatic carbocycles. The lowest BCUT2D eigenvalue weighted by molar-refractivity contribution is -0.138. The van der Waals surface area contributed by atoms with Gasteiger partial charge in [0.25, 0.3) is 0 Å². The van der Waals surface area contributed by atoms with Crippen molar-refractivity contribution < 1.29 is 9.90 Å². The van der Waals surface area contributed by atoms with E-state index in [9.17, 15) is 4.79 Å². The minimum atomic E-state index is -0.618. The van der Waals surface area contributed by atoms with E-state index in [2.05, 4.69) is 18.7 Å². The fourth-order valence-electron chi connectivity index (χ4n) is 1.57. The largest absolute Gasteiger partial charge is 0.481 e. The molecular formula is C9H17NO2. The summed E-state index contributed by atoms with van der Waals surface area (Å²) >= 11 is 0. The zero-order chi connectivity index (χ0) is 9.14. The second-order valence-corrected chi connectivity index (χ2v) is 3.43. The van der Waals surface area contributed by atoms with E-state index in [1.165, 1.54) is 0 Å². The fraction of sp³-hybridized carbons (Fsp3) is 0.889. The summed E-state index contributed by atoms with van der Waals surface area (Å²) in [6, 6.07) is 0. The van der Waals surface area contributed by atoms with Crippen molar-refractivity contribution in [1.82, 2.24) is 4.90 Å². The van der Waals surface area contributed by atoms with Crippen LogP contribution in [0.4, 0.5) is 0 Å². The van der Waals surface area contributed by atoms with Crippen LogP contribution in [-0.4, -0.2) is 35.6 Å². The highest BCUT2D eigenvalue weighted by molar-refractivity contribution is 5.73. The van der Waals surface area contributed by atoms with E-state index >= 15 is 0 Å². The third-order valence-electron chi connectivity index (χ3n) is 2.63. The molecule has 0 aromatic heterocycles. The smallest absolute Gasteiger partial charge is 0.306 e. The quantitative estimate of drug-likeness (QED) is 0.672. The minimum absolute atomic E-state index is 0.0504. The van der Waals surface area contributed by atoms with Gasteiger partial charge < -0.3 is 10.0 Å². The van der Waals surface area contributed by atoms with Gasteiger partial charge in [-0.3, -0.25) is 4.79 Å². The molecule has 12 heavy (non-hydrogen) atoms. The molecule has 0 aliphatic heterocycles. The lowest BCUT2D eigenvalue weighted by Gasteiger charge is -2.17. The van der Waals surface area contributed by atoms with Gasteiger partial charge in [0.1, 0.15) is 0 Å². The highest BCUT2D eigenvalue weighted by Crippen LogP contribution is 2.38. The maximum atomic E-state index is 10.5. The lowest BCUT2D eigenvalue weighted by atomic mass is 10.3. The molecule has 1 saturated carbocycles. The molecular weight excluding hydrogens is 154 g/mol. The molecule has 70 valence electrons. The summed E-state index contributed by atoms with van der Waals surface area (Å²) in [5.74, 6) is -0.250. The molecule has 0 aromatic carbocycles. The molecule has 3 nitrogen and oxygen atoms in total. The monoisotopic (exact) mass is 171 g/mol. The van der Waals surface area contributed by atoms with E-state index in [0.717, 1.165) is 26.1 Å². The molecule has 2 unspecified atom stereocenters. The van der Waals surface area contributed by atoms with Crippen LogP contribution in [-0.2, 0) is 4.79 Å². The van der Waals surface area contributed by atoms with Crippen LogP contribution in [0, 0.1) is 11.8 Å². The molecule has 0 aromatic rings. The normalized spacial score (nSPS) is 27.6. The van der Waals surface area contributed by atoms with Gasteiger partial charge in [-0.05, 0) is 25.4 Å². The van der Waals surface area contributed by atoms with Crippen molar-refractivity contribution in [2.24, 2.45) is 11.8 Å². The van der Waals surface area contributed by atoms with Crippen molar-refractivity contribution in [3.05, 3.63) is 0 Å². The standard InChI is InChI=1S/C9H17NO2/c1-3-10(4-2)6-7-5-8(7)9(11)12/h7-8H,3-6H2,1-2H3,(H,11,12). The van der Waals surface area contributed by atoms with Crippen LogP contribution in [0.15, 0.2) is 0 Å². The SMILES string of the molecule is CCN(CC)CC1CC1C(=O)O. The number of hydrogen-bond donors (Lipinski definition) is 1. The molecule has 0 heterocycles. The van der Waals surface area contributed by atoms with Gasteiger partial charge in [0.05, 0.1) is 5.92 Å². The Hall–Kier alpha value is -0.570. The zero-order valence-electron chi connectivity index (χ0n) is 7.79. The highest BCUT2D eigenvalue weighted by Gasteiger charge is 2.43. The van der Waals surface area contributed by atoms with Crippen molar-refractivity contribution >= 4 is 5.97 Å². The summed E-state index contributed by atoms with van der Waals surface area (Å²) < 4.78 is 0. The molecule has 1 fully saturated rings. The van der Waals surface area contributed by atoms with Gasteiger partial charge in [-0.1, -0.05) is 13.8 Å². The Morgan fingerprint density at radius 2 is 2.08 bits per heavy atom. The minimum Gasteiger partial charge on any atom is -0.481 e. The molecule has 3 heteroatoms. The average molecular weight is 171 g/mol. The number of rotatable bonds is 5. The van der Waals surface area contributed by atoms with Crippen LogP contribution in [0.3, 0.4) is 0 Å². The predicted molar refractivity (Wildman–Crippen MR) is 47.0 cm³/mol. The highest BCUT2D eigenvalue weighted by atomic mass is 16.4. The third-order valence-corrected chi connectivity index (χ3v) is 2.63. The molecule has 0 bridgehead atoms. The van der Waals surface area contributed by atoms with E-state index in [4.69, 9.17) is 5.11 Å². The summed E-state index contributed by atoms with van der Waals surface area (Å²) in [7, 11) is 0. The van der Waals surface area contributed by atoms with E-state index < -0.39 is 5.97 Å². The van der Waals surface area contributed by atoms with Gasteiger partial charge in [0, 0.05) is 6.54 Å². The van der Waals surface area contributed by atoms with E-state index in [0.29, 0.717) is 5.92 Å². The summed E-state index contributed by atoms with van der Waals surface area (Å²) in [5, 5.41) is 8.66. The van der Waals surface area contributed by atoms with Gasteiger partial charge in [0.2, 0.25) is 0 Å². The topological polar surface area (TPSA) is 40.5 Å². The summed E-state index contributed by atoms with van der Waals surface area (Å²) in [4.78, 5) is 12.8. The Kier molecular flexibility index (Phi) is 3.09. The zero-order valence-corrected chi connectivity index (χ0v) is 7.79. The molecule has 0 spiro atoms. The second-order valence-electron chi connectivity index (χ2n) is 3.43. The first kappa shape index (κ1) is 9.52. The van der Waals surface area contributed by atoms with E-state index in [1.54, 1.807) is 0 Å². The van der Waals surface area contributed by atoms with Crippen molar-refractivity contribution in [2.75, 3.05) is 19.6 Å². The molecule has 1 aliphatic rings. The molecule has 0 radical (unpaired) electrons. The Morgan fingerprint density at radius 1 is 1.50 bits per heavy atom. The maximum Gasteiger partial charge on any atom is 0.306 e.